The molecule has 1 aliphatic rings. The highest BCUT2D eigenvalue weighted by Crippen LogP contribution is 2.40. The Balaban J connectivity index is 1.82. The first-order valence-electron chi connectivity index (χ1n) is 6.93. The van der Waals surface area contributed by atoms with E-state index in [1.807, 2.05) is 26.0 Å². The Morgan fingerprint density at radius 1 is 1.42 bits per heavy atom. The average Bonchev–Trinajstić information content (AvgIpc) is 2.37. The van der Waals surface area contributed by atoms with Crippen LogP contribution in [0, 0.1) is 12.3 Å². The first-order chi connectivity index (χ1) is 8.91. The highest BCUT2D eigenvalue weighted by molar-refractivity contribution is 5.76. The molecule has 2 rings (SSSR count). The van der Waals surface area contributed by atoms with Crippen LogP contribution in [0.25, 0.3) is 0 Å². The van der Waals surface area contributed by atoms with Gasteiger partial charge in [0.1, 0.15) is 0 Å². The van der Waals surface area contributed by atoms with Crippen LogP contribution in [0.5, 0.6) is 0 Å². The maximum atomic E-state index is 11.9. The highest BCUT2D eigenvalue weighted by atomic mass is 16.3. The van der Waals surface area contributed by atoms with Crippen LogP contribution in [0.1, 0.15) is 37.8 Å². The molecule has 104 valence electrons. The molecule has 3 nitrogen and oxygen atoms in total. The topological polar surface area (TPSA) is 49.3 Å². The van der Waals surface area contributed by atoms with Crippen molar-refractivity contribution < 1.29 is 9.90 Å². The van der Waals surface area contributed by atoms with Crippen LogP contribution < -0.4 is 5.32 Å². The fourth-order valence-electron chi connectivity index (χ4n) is 2.55. The predicted octanol–water partition coefficient (Wildman–Crippen LogP) is 2.20. The predicted molar refractivity (Wildman–Crippen MR) is 75.8 cm³/mol. The lowest BCUT2D eigenvalue weighted by atomic mass is 9.64. The van der Waals surface area contributed by atoms with E-state index in [0.29, 0.717) is 12.8 Å². The molecular weight excluding hydrogens is 238 g/mol. The molecule has 0 radical (unpaired) electrons. The van der Waals surface area contributed by atoms with E-state index in [1.54, 1.807) is 0 Å². The number of nitrogens with one attached hydrogen (secondary N) is 1. The largest absolute Gasteiger partial charge is 0.392 e. The zero-order valence-corrected chi connectivity index (χ0v) is 11.9. The van der Waals surface area contributed by atoms with Gasteiger partial charge in [-0.25, -0.2) is 0 Å². The van der Waals surface area contributed by atoms with E-state index in [-0.39, 0.29) is 23.5 Å². The van der Waals surface area contributed by atoms with Gasteiger partial charge in [0.2, 0.25) is 5.91 Å². The lowest BCUT2D eigenvalue weighted by Crippen LogP contribution is -2.61. The summed E-state index contributed by atoms with van der Waals surface area (Å²) >= 11 is 0. The highest BCUT2D eigenvalue weighted by Gasteiger charge is 2.47. The van der Waals surface area contributed by atoms with Gasteiger partial charge >= 0.3 is 0 Å². The van der Waals surface area contributed by atoms with Gasteiger partial charge in [0.15, 0.2) is 0 Å². The third-order valence-electron chi connectivity index (χ3n) is 4.43. The van der Waals surface area contributed by atoms with Crippen LogP contribution in [-0.4, -0.2) is 23.2 Å². The number of benzene rings is 1. The quantitative estimate of drug-likeness (QED) is 0.873. The van der Waals surface area contributed by atoms with E-state index in [2.05, 4.69) is 24.4 Å². The van der Waals surface area contributed by atoms with Crippen molar-refractivity contribution in [2.75, 3.05) is 0 Å². The smallest absolute Gasteiger partial charge is 0.220 e. The second kappa shape index (κ2) is 5.33. The molecule has 2 N–H and O–H groups in total. The van der Waals surface area contributed by atoms with Crippen molar-refractivity contribution in [1.82, 2.24) is 5.32 Å². The van der Waals surface area contributed by atoms with E-state index in [0.717, 1.165) is 6.42 Å². The number of aliphatic hydroxyl groups excluding tert-OH is 1. The summed E-state index contributed by atoms with van der Waals surface area (Å²) in [7, 11) is 0. The summed E-state index contributed by atoms with van der Waals surface area (Å²) in [5, 5.41) is 12.7. The molecule has 0 heterocycles. The molecule has 1 amide bonds. The van der Waals surface area contributed by atoms with Crippen LogP contribution in [0.15, 0.2) is 24.3 Å². The van der Waals surface area contributed by atoms with Gasteiger partial charge in [-0.05, 0) is 30.9 Å². The molecule has 0 bridgehead atoms. The summed E-state index contributed by atoms with van der Waals surface area (Å²) in [4.78, 5) is 11.9. The maximum absolute atomic E-state index is 11.9. The number of amides is 1. The second-order valence-electron chi connectivity index (χ2n) is 6.12. The summed E-state index contributed by atoms with van der Waals surface area (Å²) in [6.45, 7) is 6.06. The summed E-state index contributed by atoms with van der Waals surface area (Å²) in [5.41, 5.74) is 2.26. The van der Waals surface area contributed by atoms with Gasteiger partial charge in [-0.3, -0.25) is 4.79 Å². The molecule has 1 saturated carbocycles. The van der Waals surface area contributed by atoms with Crippen LogP contribution >= 0.6 is 0 Å². The summed E-state index contributed by atoms with van der Waals surface area (Å²) in [6, 6.07) is 8.26. The van der Waals surface area contributed by atoms with Crippen molar-refractivity contribution in [3.8, 4) is 0 Å². The number of rotatable bonds is 4. The minimum absolute atomic E-state index is 0.0771. The molecule has 0 aromatic heterocycles. The van der Waals surface area contributed by atoms with Crippen LogP contribution in [0.4, 0.5) is 0 Å². The Morgan fingerprint density at radius 2 is 2.11 bits per heavy atom. The van der Waals surface area contributed by atoms with Gasteiger partial charge in [0, 0.05) is 17.9 Å². The van der Waals surface area contributed by atoms with Gasteiger partial charge in [-0.15, -0.1) is 0 Å². The first-order valence-corrected chi connectivity index (χ1v) is 6.93. The molecule has 2 atom stereocenters. The molecule has 1 aromatic rings. The Morgan fingerprint density at radius 3 is 2.68 bits per heavy atom. The normalized spacial score (nSPS) is 24.6. The van der Waals surface area contributed by atoms with E-state index in [4.69, 9.17) is 0 Å². The molecule has 0 saturated heterocycles. The molecular formula is C16H23NO2. The van der Waals surface area contributed by atoms with Crippen LogP contribution in [-0.2, 0) is 11.2 Å². The van der Waals surface area contributed by atoms with Crippen LogP contribution in [0.3, 0.4) is 0 Å². The third kappa shape index (κ3) is 2.98. The number of carbonyl (C=O) groups excluding carboxylic acids is 1. The Labute approximate surface area is 115 Å². The number of hydrogen-bond acceptors (Lipinski definition) is 2. The van der Waals surface area contributed by atoms with Crippen LogP contribution in [0.2, 0.25) is 0 Å². The molecule has 1 aliphatic carbocycles. The van der Waals surface area contributed by atoms with E-state index in [9.17, 15) is 9.90 Å². The molecule has 0 spiro atoms. The standard InChI is InChI=1S/C16H23NO2/c1-11-6-4-5-7-12(11)8-9-15(19)17-13-10-14(18)16(13,2)3/h4-7,13-14,18H,8-10H2,1-3H3,(H,17,19). The first kappa shape index (κ1) is 14.1. The summed E-state index contributed by atoms with van der Waals surface area (Å²) in [6.07, 6.45) is 1.65. The molecule has 19 heavy (non-hydrogen) atoms. The number of aliphatic hydroxyl groups is 1. The van der Waals surface area contributed by atoms with Gasteiger partial charge in [-0.1, -0.05) is 38.1 Å². The second-order valence-corrected chi connectivity index (χ2v) is 6.12. The lowest BCUT2D eigenvalue weighted by molar-refractivity contribution is -0.129. The van der Waals surface area contributed by atoms with Gasteiger partial charge in [0.25, 0.3) is 0 Å². The van der Waals surface area contributed by atoms with Gasteiger partial charge < -0.3 is 10.4 Å². The average molecular weight is 261 g/mol. The van der Waals surface area contributed by atoms with Crippen molar-refractivity contribution in [2.24, 2.45) is 5.41 Å². The molecule has 2 unspecified atom stereocenters. The fourth-order valence-corrected chi connectivity index (χ4v) is 2.55. The summed E-state index contributed by atoms with van der Waals surface area (Å²) < 4.78 is 0. The minimum Gasteiger partial charge on any atom is -0.392 e. The zero-order chi connectivity index (χ0) is 14.0. The van der Waals surface area contributed by atoms with Crippen molar-refractivity contribution >= 4 is 5.91 Å². The number of hydrogen-bond donors (Lipinski definition) is 2. The minimum atomic E-state index is -0.297. The van der Waals surface area contributed by atoms with Crippen molar-refractivity contribution in [1.29, 1.82) is 0 Å². The lowest BCUT2D eigenvalue weighted by Gasteiger charge is -2.49. The van der Waals surface area contributed by atoms with Gasteiger partial charge in [-0.2, -0.15) is 0 Å². The van der Waals surface area contributed by atoms with Gasteiger partial charge in [0.05, 0.1) is 6.10 Å². The van der Waals surface area contributed by atoms with E-state index >= 15 is 0 Å². The molecule has 1 fully saturated rings. The fraction of sp³-hybridized carbons (Fsp3) is 0.562. The van der Waals surface area contributed by atoms with Crippen molar-refractivity contribution in [3.05, 3.63) is 35.4 Å². The number of carbonyl (C=O) groups is 1. The Hall–Kier alpha value is -1.35. The zero-order valence-electron chi connectivity index (χ0n) is 11.9. The maximum Gasteiger partial charge on any atom is 0.220 e. The van der Waals surface area contributed by atoms with Crippen molar-refractivity contribution in [2.45, 2.75) is 52.2 Å². The third-order valence-corrected chi connectivity index (χ3v) is 4.43. The van der Waals surface area contributed by atoms with E-state index < -0.39 is 0 Å². The Kier molecular flexibility index (Phi) is 3.95. The number of aryl methyl sites for hydroxylation is 2. The van der Waals surface area contributed by atoms with E-state index in [1.165, 1.54) is 11.1 Å². The Bertz CT molecular complexity index is 468. The summed E-state index contributed by atoms with van der Waals surface area (Å²) in [5.74, 6) is 0.0771. The molecule has 0 aliphatic heterocycles. The SMILES string of the molecule is Cc1ccccc1CCC(=O)NC1CC(O)C1(C)C. The molecule has 1 aromatic carbocycles. The monoisotopic (exact) mass is 261 g/mol. The van der Waals surface area contributed by atoms with Crippen molar-refractivity contribution in [3.63, 3.8) is 0 Å². The molecule has 3 heteroatoms.